The number of carbonyl (C=O) groups excluding carboxylic acids is 2. The van der Waals surface area contributed by atoms with Crippen molar-refractivity contribution in [2.45, 2.75) is 24.7 Å². The molecule has 162 valence electrons. The van der Waals surface area contributed by atoms with E-state index in [1.807, 2.05) is 12.1 Å². The second kappa shape index (κ2) is 9.18. The van der Waals surface area contributed by atoms with E-state index >= 15 is 0 Å². The molecular weight excluding hydrogens is 447 g/mol. The number of benzene rings is 3. The lowest BCUT2D eigenvalue weighted by atomic mass is 10.0. The van der Waals surface area contributed by atoms with Crippen LogP contribution in [0.3, 0.4) is 0 Å². The fourth-order valence-electron chi connectivity index (χ4n) is 3.28. The molecule has 0 bridgehead atoms. The van der Waals surface area contributed by atoms with Crippen molar-refractivity contribution in [2.24, 2.45) is 0 Å². The van der Waals surface area contributed by atoms with Crippen LogP contribution in [0.15, 0.2) is 88.3 Å². The van der Waals surface area contributed by atoms with Crippen LogP contribution in [0, 0.1) is 5.82 Å². The summed E-state index contributed by atoms with van der Waals surface area (Å²) in [4.78, 5) is 28.7. The van der Waals surface area contributed by atoms with E-state index in [4.69, 9.17) is 11.6 Å². The van der Waals surface area contributed by atoms with E-state index in [9.17, 15) is 14.0 Å². The molecule has 0 atom stereocenters. The number of carbonyl (C=O) groups is 2. The maximum atomic E-state index is 14.3. The van der Waals surface area contributed by atoms with E-state index in [-0.39, 0.29) is 16.3 Å². The first-order chi connectivity index (χ1) is 15.3. The van der Waals surface area contributed by atoms with Crippen LogP contribution < -0.4 is 10.2 Å². The highest BCUT2D eigenvalue weighted by Crippen LogP contribution is 2.38. The fraction of sp³-hybridized carbons (Fsp3) is 0.120. The number of hydrogen-bond donors (Lipinski definition) is 1. The lowest BCUT2D eigenvalue weighted by Gasteiger charge is -2.16. The summed E-state index contributed by atoms with van der Waals surface area (Å²) in [5.41, 5.74) is 1.72. The molecule has 0 aromatic heterocycles. The molecule has 0 spiro atoms. The summed E-state index contributed by atoms with van der Waals surface area (Å²) in [7, 11) is 0. The molecule has 1 heterocycles. The molecule has 32 heavy (non-hydrogen) atoms. The Morgan fingerprint density at radius 1 is 0.906 bits per heavy atom. The van der Waals surface area contributed by atoms with Gasteiger partial charge in [-0.3, -0.25) is 9.59 Å². The van der Waals surface area contributed by atoms with Gasteiger partial charge in [-0.25, -0.2) is 9.29 Å². The van der Waals surface area contributed by atoms with Crippen LogP contribution in [-0.4, -0.2) is 11.8 Å². The number of anilines is 2. The van der Waals surface area contributed by atoms with Gasteiger partial charge in [-0.2, -0.15) is 0 Å². The molecule has 4 nitrogen and oxygen atoms in total. The number of thioether (sulfide) groups is 1. The van der Waals surface area contributed by atoms with Crippen LogP contribution in [0.4, 0.5) is 15.8 Å². The van der Waals surface area contributed by atoms with Crippen LogP contribution in [0.25, 0.3) is 0 Å². The average molecular weight is 467 g/mol. The van der Waals surface area contributed by atoms with Gasteiger partial charge in [0.15, 0.2) is 0 Å². The summed E-state index contributed by atoms with van der Waals surface area (Å²) < 4.78 is 14.3. The summed E-state index contributed by atoms with van der Waals surface area (Å²) in [6.45, 7) is 4.14. The Balaban J connectivity index is 1.73. The summed E-state index contributed by atoms with van der Waals surface area (Å²) in [6.07, 6.45) is 0. The van der Waals surface area contributed by atoms with E-state index in [1.54, 1.807) is 48.5 Å². The molecule has 0 aliphatic carbocycles. The number of nitrogens with one attached hydrogen (secondary N) is 1. The first kappa shape index (κ1) is 22.1. The van der Waals surface area contributed by atoms with Gasteiger partial charge in [-0.15, -0.1) is 0 Å². The van der Waals surface area contributed by atoms with Gasteiger partial charge in [0, 0.05) is 9.92 Å². The summed E-state index contributed by atoms with van der Waals surface area (Å²) >= 11 is 7.10. The number of nitrogens with zero attached hydrogens (tertiary/aromatic N) is 1. The third kappa shape index (κ3) is 4.42. The van der Waals surface area contributed by atoms with E-state index in [0.29, 0.717) is 16.6 Å². The SMILES string of the molecule is CC(C)c1ccc(N2C(=O)C(Nc3ccccc3F)=C(Sc3ccc(Cl)cc3)C2=O)cc1. The van der Waals surface area contributed by atoms with E-state index in [1.165, 1.54) is 12.1 Å². The molecule has 1 aliphatic rings. The molecule has 3 aromatic carbocycles. The van der Waals surface area contributed by atoms with Gasteiger partial charge in [-0.1, -0.05) is 61.5 Å². The Kier molecular flexibility index (Phi) is 6.35. The zero-order chi connectivity index (χ0) is 22.8. The zero-order valence-electron chi connectivity index (χ0n) is 17.4. The molecule has 1 aliphatic heterocycles. The Hall–Kier alpha value is -3.09. The Morgan fingerprint density at radius 3 is 2.19 bits per heavy atom. The van der Waals surface area contributed by atoms with Crippen molar-refractivity contribution in [3.8, 4) is 0 Å². The number of hydrogen-bond acceptors (Lipinski definition) is 4. The minimum atomic E-state index is -0.535. The molecule has 0 fully saturated rings. The number of para-hydroxylation sites is 1. The van der Waals surface area contributed by atoms with Gasteiger partial charge >= 0.3 is 0 Å². The molecule has 0 radical (unpaired) electrons. The van der Waals surface area contributed by atoms with Crippen molar-refractivity contribution in [2.75, 3.05) is 10.2 Å². The minimum absolute atomic E-state index is 0.0352. The summed E-state index contributed by atoms with van der Waals surface area (Å²) in [6, 6.07) is 20.3. The maximum Gasteiger partial charge on any atom is 0.283 e. The van der Waals surface area contributed by atoms with Gasteiger partial charge in [0.1, 0.15) is 16.4 Å². The molecule has 0 unspecified atom stereocenters. The molecular formula is C25H20ClFN2O2S. The highest BCUT2D eigenvalue weighted by molar-refractivity contribution is 8.04. The fourth-order valence-corrected chi connectivity index (χ4v) is 4.33. The second-order valence-corrected chi connectivity index (χ2v) is 9.08. The van der Waals surface area contributed by atoms with Crippen LogP contribution in [-0.2, 0) is 9.59 Å². The Labute approximate surface area is 195 Å². The normalized spacial score (nSPS) is 14.0. The van der Waals surface area contributed by atoms with Crippen molar-refractivity contribution in [3.05, 3.63) is 99.8 Å². The molecule has 4 rings (SSSR count). The van der Waals surface area contributed by atoms with Crippen LogP contribution in [0.2, 0.25) is 5.02 Å². The topological polar surface area (TPSA) is 49.4 Å². The third-order valence-corrected chi connectivity index (χ3v) is 6.37. The quantitative estimate of drug-likeness (QED) is 0.416. The lowest BCUT2D eigenvalue weighted by molar-refractivity contribution is -0.120. The van der Waals surface area contributed by atoms with Gasteiger partial charge in [0.25, 0.3) is 11.8 Å². The Bertz CT molecular complexity index is 1210. The third-order valence-electron chi connectivity index (χ3n) is 5.03. The number of rotatable bonds is 6. The summed E-state index contributed by atoms with van der Waals surface area (Å²) in [5, 5.41) is 3.41. The predicted octanol–water partition coefficient (Wildman–Crippen LogP) is 6.59. The van der Waals surface area contributed by atoms with Crippen LogP contribution in [0.5, 0.6) is 0 Å². The van der Waals surface area contributed by atoms with E-state index < -0.39 is 17.6 Å². The van der Waals surface area contributed by atoms with Gasteiger partial charge in [0.05, 0.1) is 11.4 Å². The highest BCUT2D eigenvalue weighted by atomic mass is 35.5. The van der Waals surface area contributed by atoms with Gasteiger partial charge < -0.3 is 5.32 Å². The molecule has 0 saturated heterocycles. The van der Waals surface area contributed by atoms with Crippen molar-refractivity contribution in [1.82, 2.24) is 0 Å². The largest absolute Gasteiger partial charge is 0.348 e. The van der Waals surface area contributed by atoms with Crippen LogP contribution >= 0.6 is 23.4 Å². The molecule has 1 N–H and O–H groups in total. The van der Waals surface area contributed by atoms with E-state index in [0.717, 1.165) is 27.1 Å². The van der Waals surface area contributed by atoms with Crippen LogP contribution in [0.1, 0.15) is 25.3 Å². The standard InChI is InChI=1S/C25H20ClFN2O2S/c1-15(2)16-7-11-18(12-8-16)29-24(30)22(28-21-6-4-3-5-20(21)27)23(25(29)31)32-19-13-9-17(26)10-14-19/h3-15,28H,1-2H3. The summed E-state index contributed by atoms with van der Waals surface area (Å²) in [5.74, 6) is -1.20. The molecule has 0 saturated carbocycles. The zero-order valence-corrected chi connectivity index (χ0v) is 19.0. The molecule has 2 amide bonds. The minimum Gasteiger partial charge on any atom is -0.348 e. The smallest absolute Gasteiger partial charge is 0.283 e. The second-order valence-electron chi connectivity index (χ2n) is 7.56. The number of imide groups is 1. The highest BCUT2D eigenvalue weighted by Gasteiger charge is 2.40. The van der Waals surface area contributed by atoms with Crippen molar-refractivity contribution < 1.29 is 14.0 Å². The van der Waals surface area contributed by atoms with Crippen molar-refractivity contribution >= 4 is 46.6 Å². The van der Waals surface area contributed by atoms with Crippen molar-refractivity contribution in [1.29, 1.82) is 0 Å². The average Bonchev–Trinajstić information content (AvgIpc) is 3.00. The van der Waals surface area contributed by atoms with Crippen molar-refractivity contribution in [3.63, 3.8) is 0 Å². The molecule has 7 heteroatoms. The number of halogens is 2. The number of amides is 2. The Morgan fingerprint density at radius 2 is 1.56 bits per heavy atom. The first-order valence-corrected chi connectivity index (χ1v) is 11.2. The van der Waals surface area contributed by atoms with Gasteiger partial charge in [0.2, 0.25) is 0 Å². The lowest BCUT2D eigenvalue weighted by Crippen LogP contribution is -2.32. The van der Waals surface area contributed by atoms with E-state index in [2.05, 4.69) is 19.2 Å². The van der Waals surface area contributed by atoms with Gasteiger partial charge in [-0.05, 0) is 60.0 Å². The first-order valence-electron chi connectivity index (χ1n) is 10.0. The monoisotopic (exact) mass is 466 g/mol. The maximum absolute atomic E-state index is 14.3. The predicted molar refractivity (Wildman–Crippen MR) is 127 cm³/mol. The molecule has 3 aromatic rings.